The first kappa shape index (κ1) is 12.9. The van der Waals surface area contributed by atoms with E-state index in [0.29, 0.717) is 17.4 Å². The van der Waals surface area contributed by atoms with Crippen molar-refractivity contribution in [1.82, 2.24) is 4.98 Å². The molecule has 1 heterocycles. The van der Waals surface area contributed by atoms with E-state index in [-0.39, 0.29) is 12.5 Å². The summed E-state index contributed by atoms with van der Waals surface area (Å²) in [6.07, 6.45) is 3.34. The molecular weight excluding hydrogens is 250 g/mol. The topological polar surface area (TPSA) is 42.4 Å². The van der Waals surface area contributed by atoms with Gasteiger partial charge in [0.05, 0.1) is 19.4 Å². The number of hydrogen-bond acceptors (Lipinski definition) is 3. The zero-order valence-corrected chi connectivity index (χ0v) is 10.5. The fourth-order valence-electron chi connectivity index (χ4n) is 1.62. The van der Waals surface area contributed by atoms with E-state index in [9.17, 15) is 5.11 Å². The number of aliphatic hydroxyl groups is 1. The highest BCUT2D eigenvalue weighted by atomic mass is 35.5. The van der Waals surface area contributed by atoms with Crippen molar-refractivity contribution in [2.24, 2.45) is 0 Å². The van der Waals surface area contributed by atoms with Gasteiger partial charge in [-0.05, 0) is 29.8 Å². The largest absolute Gasteiger partial charge is 0.491 e. The molecule has 1 aromatic carbocycles. The smallest absolute Gasteiger partial charge is 0.137 e. The minimum absolute atomic E-state index is 0.0297. The lowest BCUT2D eigenvalue weighted by molar-refractivity contribution is 0.204. The third kappa shape index (κ3) is 3.45. The van der Waals surface area contributed by atoms with Crippen molar-refractivity contribution in [3.63, 3.8) is 0 Å². The predicted molar refractivity (Wildman–Crippen MR) is 71.0 cm³/mol. The molecule has 0 amide bonds. The van der Waals surface area contributed by atoms with E-state index in [0.717, 1.165) is 5.56 Å². The number of aliphatic hydroxyl groups excluding tert-OH is 1. The molecule has 1 N–H and O–H groups in total. The fraction of sp³-hybridized carbons (Fsp3) is 0.214. The zero-order chi connectivity index (χ0) is 12.8. The van der Waals surface area contributed by atoms with Crippen molar-refractivity contribution in [3.05, 3.63) is 59.4 Å². The first-order chi connectivity index (χ1) is 8.79. The molecule has 94 valence electrons. The van der Waals surface area contributed by atoms with E-state index in [1.165, 1.54) is 0 Å². The monoisotopic (exact) mass is 263 g/mol. The summed E-state index contributed by atoms with van der Waals surface area (Å²) < 4.78 is 5.59. The van der Waals surface area contributed by atoms with Crippen LogP contribution in [-0.4, -0.2) is 23.3 Å². The highest BCUT2D eigenvalue weighted by Crippen LogP contribution is 2.19. The van der Waals surface area contributed by atoms with Crippen LogP contribution in [0.25, 0.3) is 0 Å². The normalized spacial score (nSPS) is 12.1. The van der Waals surface area contributed by atoms with Crippen LogP contribution in [-0.2, 0) is 0 Å². The third-order valence-corrected chi connectivity index (χ3v) is 2.90. The first-order valence-corrected chi connectivity index (χ1v) is 6.06. The van der Waals surface area contributed by atoms with Crippen LogP contribution in [0.5, 0.6) is 5.75 Å². The molecule has 0 aliphatic rings. The minimum Gasteiger partial charge on any atom is -0.491 e. The Balaban J connectivity index is 1.99. The van der Waals surface area contributed by atoms with Crippen LogP contribution in [0.4, 0.5) is 0 Å². The molecule has 1 atom stereocenters. The van der Waals surface area contributed by atoms with Crippen LogP contribution in [0.1, 0.15) is 11.5 Å². The quantitative estimate of drug-likeness (QED) is 0.902. The fourth-order valence-corrected chi connectivity index (χ4v) is 1.74. The van der Waals surface area contributed by atoms with Gasteiger partial charge >= 0.3 is 0 Å². The Bertz CT molecular complexity index is 473. The molecule has 0 saturated carbocycles. The molecule has 3 nitrogen and oxygen atoms in total. The second-order valence-corrected chi connectivity index (χ2v) is 4.37. The van der Waals surface area contributed by atoms with E-state index in [1.807, 2.05) is 36.4 Å². The van der Waals surface area contributed by atoms with E-state index < -0.39 is 0 Å². The summed E-state index contributed by atoms with van der Waals surface area (Å²) in [4.78, 5) is 3.97. The Morgan fingerprint density at radius 1 is 1.22 bits per heavy atom. The van der Waals surface area contributed by atoms with Crippen molar-refractivity contribution < 1.29 is 9.84 Å². The number of aromatic nitrogens is 1. The summed E-state index contributed by atoms with van der Waals surface area (Å²) in [7, 11) is 0. The second kappa shape index (κ2) is 6.38. The summed E-state index contributed by atoms with van der Waals surface area (Å²) in [5.74, 6) is 0.632. The Kier molecular flexibility index (Phi) is 4.56. The molecule has 0 aliphatic carbocycles. The summed E-state index contributed by atoms with van der Waals surface area (Å²) in [5, 5.41) is 10.1. The molecule has 4 heteroatoms. The van der Waals surface area contributed by atoms with Gasteiger partial charge in [0, 0.05) is 17.1 Å². The maximum atomic E-state index is 9.40. The number of pyridine rings is 1. The number of nitrogens with zero attached hydrogens (tertiary/aromatic N) is 1. The van der Waals surface area contributed by atoms with E-state index in [1.54, 1.807) is 12.4 Å². The Hall–Kier alpha value is -1.58. The lowest BCUT2D eigenvalue weighted by Gasteiger charge is -2.15. The SMILES string of the molecule is OCC(COc1cccnc1)c1ccc(Cl)cc1. The minimum atomic E-state index is -0.0672. The van der Waals surface area contributed by atoms with Crippen LogP contribution in [0.15, 0.2) is 48.8 Å². The summed E-state index contributed by atoms with van der Waals surface area (Å²) >= 11 is 5.83. The van der Waals surface area contributed by atoms with Gasteiger partial charge < -0.3 is 9.84 Å². The summed E-state index contributed by atoms with van der Waals surface area (Å²) in [6.45, 7) is 0.436. The van der Waals surface area contributed by atoms with Crippen molar-refractivity contribution in [2.75, 3.05) is 13.2 Å². The van der Waals surface area contributed by atoms with Crippen molar-refractivity contribution in [1.29, 1.82) is 0 Å². The van der Waals surface area contributed by atoms with Gasteiger partial charge in [-0.3, -0.25) is 4.98 Å². The number of rotatable bonds is 5. The van der Waals surface area contributed by atoms with E-state index in [4.69, 9.17) is 16.3 Å². The number of ether oxygens (including phenoxy) is 1. The van der Waals surface area contributed by atoms with Gasteiger partial charge in [0.15, 0.2) is 0 Å². The van der Waals surface area contributed by atoms with Gasteiger partial charge in [0.2, 0.25) is 0 Å². The van der Waals surface area contributed by atoms with Crippen molar-refractivity contribution >= 4 is 11.6 Å². The maximum Gasteiger partial charge on any atom is 0.137 e. The number of hydrogen-bond donors (Lipinski definition) is 1. The summed E-state index contributed by atoms with van der Waals surface area (Å²) in [5.41, 5.74) is 1.01. The van der Waals surface area contributed by atoms with Gasteiger partial charge in [-0.2, -0.15) is 0 Å². The van der Waals surface area contributed by atoms with Crippen LogP contribution >= 0.6 is 11.6 Å². The average molecular weight is 264 g/mol. The van der Waals surface area contributed by atoms with Gasteiger partial charge in [-0.25, -0.2) is 0 Å². The summed E-state index contributed by atoms with van der Waals surface area (Å²) in [6, 6.07) is 11.1. The molecule has 2 rings (SSSR count). The highest BCUT2D eigenvalue weighted by molar-refractivity contribution is 6.30. The van der Waals surface area contributed by atoms with Gasteiger partial charge in [-0.15, -0.1) is 0 Å². The predicted octanol–water partition coefficient (Wildman–Crippen LogP) is 2.89. The number of halogens is 1. The van der Waals surface area contributed by atoms with Crippen LogP contribution in [0.3, 0.4) is 0 Å². The second-order valence-electron chi connectivity index (χ2n) is 3.93. The van der Waals surface area contributed by atoms with Crippen LogP contribution in [0, 0.1) is 0 Å². The van der Waals surface area contributed by atoms with Crippen LogP contribution < -0.4 is 4.74 Å². The lowest BCUT2D eigenvalue weighted by atomic mass is 10.0. The molecule has 0 fully saturated rings. The molecular formula is C14H14ClNO2. The zero-order valence-electron chi connectivity index (χ0n) is 9.79. The van der Waals surface area contributed by atoms with Crippen molar-refractivity contribution in [2.45, 2.75) is 5.92 Å². The molecule has 18 heavy (non-hydrogen) atoms. The van der Waals surface area contributed by atoms with Gasteiger partial charge in [-0.1, -0.05) is 23.7 Å². The maximum absolute atomic E-state index is 9.40. The van der Waals surface area contributed by atoms with Crippen LogP contribution in [0.2, 0.25) is 5.02 Å². The molecule has 0 saturated heterocycles. The Labute approximate surface area is 111 Å². The van der Waals surface area contributed by atoms with Gasteiger partial charge in [0.1, 0.15) is 5.75 Å². The van der Waals surface area contributed by atoms with E-state index in [2.05, 4.69) is 4.98 Å². The molecule has 0 bridgehead atoms. The Morgan fingerprint density at radius 3 is 2.61 bits per heavy atom. The Morgan fingerprint density at radius 2 is 2.00 bits per heavy atom. The van der Waals surface area contributed by atoms with Gasteiger partial charge in [0.25, 0.3) is 0 Å². The average Bonchev–Trinajstić information content (AvgIpc) is 2.42. The molecule has 0 spiro atoms. The first-order valence-electron chi connectivity index (χ1n) is 5.68. The highest BCUT2D eigenvalue weighted by Gasteiger charge is 2.11. The lowest BCUT2D eigenvalue weighted by Crippen LogP contribution is -2.14. The molecule has 1 unspecified atom stereocenters. The molecule has 0 radical (unpaired) electrons. The number of benzene rings is 1. The molecule has 2 aromatic rings. The standard InChI is InChI=1S/C14H14ClNO2/c15-13-5-3-11(4-6-13)12(9-17)10-18-14-2-1-7-16-8-14/h1-8,12,17H,9-10H2. The molecule has 1 aromatic heterocycles. The molecule has 0 aliphatic heterocycles. The third-order valence-electron chi connectivity index (χ3n) is 2.65. The van der Waals surface area contributed by atoms with Crippen molar-refractivity contribution in [3.8, 4) is 5.75 Å². The van der Waals surface area contributed by atoms with E-state index >= 15 is 0 Å².